The average molecular weight is 286 g/mol. The average Bonchev–Trinajstić information content (AvgIpc) is 2.44. The lowest BCUT2D eigenvalue weighted by Gasteiger charge is -2.05. The van der Waals surface area contributed by atoms with E-state index in [1.165, 1.54) is 13.2 Å². The Morgan fingerprint density at radius 3 is 2.67 bits per heavy atom. The second-order valence-electron chi connectivity index (χ2n) is 4.97. The van der Waals surface area contributed by atoms with Crippen LogP contribution in [0, 0.1) is 0 Å². The molecule has 0 fully saturated rings. The van der Waals surface area contributed by atoms with E-state index in [0.29, 0.717) is 17.3 Å². The molecule has 1 heterocycles. The summed E-state index contributed by atoms with van der Waals surface area (Å²) in [6.07, 6.45) is 3.52. The van der Waals surface area contributed by atoms with Gasteiger partial charge < -0.3 is 14.8 Å². The minimum absolute atomic E-state index is 0.0707. The number of aromatic hydroxyl groups is 1. The normalized spacial score (nSPS) is 11.2. The second-order valence-corrected chi connectivity index (χ2v) is 4.97. The number of rotatable bonds is 4. The molecular formula is C16H18N2O3. The van der Waals surface area contributed by atoms with Crippen LogP contribution in [0.15, 0.2) is 29.1 Å². The van der Waals surface area contributed by atoms with Crippen molar-refractivity contribution in [2.75, 3.05) is 7.11 Å². The fourth-order valence-corrected chi connectivity index (χ4v) is 1.85. The van der Waals surface area contributed by atoms with E-state index in [-0.39, 0.29) is 17.2 Å². The summed E-state index contributed by atoms with van der Waals surface area (Å²) in [6.45, 7) is 3.93. The minimum Gasteiger partial charge on any atom is -0.504 e. The smallest absolute Gasteiger partial charge is 0.251 e. The topological polar surface area (TPSA) is 75.2 Å². The summed E-state index contributed by atoms with van der Waals surface area (Å²) in [7, 11) is 1.50. The highest BCUT2D eigenvalue weighted by atomic mass is 16.5. The molecule has 0 radical (unpaired) electrons. The van der Waals surface area contributed by atoms with Crippen LogP contribution in [-0.2, 0) is 0 Å². The van der Waals surface area contributed by atoms with Crippen LogP contribution in [0.3, 0.4) is 0 Å². The van der Waals surface area contributed by atoms with Crippen molar-refractivity contribution in [1.29, 1.82) is 0 Å². The molecule has 5 nitrogen and oxygen atoms in total. The molecule has 0 bridgehead atoms. The summed E-state index contributed by atoms with van der Waals surface area (Å²) in [5, 5.41) is 9.72. The Bertz CT molecular complexity index is 718. The number of H-pyrrole nitrogens is 1. The lowest BCUT2D eigenvalue weighted by molar-refractivity contribution is 0.373. The van der Waals surface area contributed by atoms with Crippen molar-refractivity contribution in [3.05, 3.63) is 51.7 Å². The molecule has 2 N–H and O–H groups in total. The van der Waals surface area contributed by atoms with Gasteiger partial charge in [0.25, 0.3) is 5.56 Å². The molecule has 0 aliphatic rings. The maximum Gasteiger partial charge on any atom is 0.251 e. The molecule has 0 unspecified atom stereocenters. The number of phenolic OH excluding ortho intramolecular Hbond substituents is 1. The van der Waals surface area contributed by atoms with Gasteiger partial charge in [0.1, 0.15) is 5.82 Å². The van der Waals surface area contributed by atoms with Crippen LogP contribution >= 0.6 is 0 Å². The van der Waals surface area contributed by atoms with Gasteiger partial charge in [-0.1, -0.05) is 26.0 Å². The molecule has 2 aromatic rings. The molecule has 0 aliphatic heterocycles. The first-order valence-corrected chi connectivity index (χ1v) is 6.66. The van der Waals surface area contributed by atoms with Crippen molar-refractivity contribution < 1.29 is 9.84 Å². The van der Waals surface area contributed by atoms with Crippen LogP contribution in [0.5, 0.6) is 11.5 Å². The van der Waals surface area contributed by atoms with Gasteiger partial charge in [0, 0.05) is 12.0 Å². The molecule has 110 valence electrons. The summed E-state index contributed by atoms with van der Waals surface area (Å²) in [5.74, 6) is 1.29. The number of hydrogen-bond acceptors (Lipinski definition) is 4. The zero-order valence-electron chi connectivity index (χ0n) is 12.3. The number of aromatic amines is 1. The van der Waals surface area contributed by atoms with Gasteiger partial charge in [0.15, 0.2) is 11.5 Å². The molecule has 0 amide bonds. The highest BCUT2D eigenvalue weighted by Crippen LogP contribution is 2.26. The Labute approximate surface area is 122 Å². The predicted molar refractivity (Wildman–Crippen MR) is 82.5 cm³/mol. The second kappa shape index (κ2) is 6.26. The number of nitrogens with one attached hydrogen (secondary N) is 1. The van der Waals surface area contributed by atoms with Crippen LogP contribution in [-0.4, -0.2) is 22.2 Å². The van der Waals surface area contributed by atoms with E-state index < -0.39 is 0 Å². The number of benzene rings is 1. The summed E-state index contributed by atoms with van der Waals surface area (Å²) < 4.78 is 4.99. The van der Waals surface area contributed by atoms with E-state index in [1.54, 1.807) is 24.3 Å². The molecule has 5 heteroatoms. The van der Waals surface area contributed by atoms with Crippen LogP contribution < -0.4 is 10.3 Å². The molecule has 0 spiro atoms. The maximum absolute atomic E-state index is 11.6. The SMILES string of the molecule is COc1ccc(/C=C/c2cc(=O)[nH]c(C(C)C)n2)cc1O. The largest absolute Gasteiger partial charge is 0.504 e. The Morgan fingerprint density at radius 2 is 2.05 bits per heavy atom. The Morgan fingerprint density at radius 1 is 1.29 bits per heavy atom. The number of aromatic nitrogens is 2. The van der Waals surface area contributed by atoms with Crippen LogP contribution in [0.1, 0.15) is 36.8 Å². The van der Waals surface area contributed by atoms with E-state index in [1.807, 2.05) is 19.9 Å². The van der Waals surface area contributed by atoms with Crippen molar-refractivity contribution in [1.82, 2.24) is 9.97 Å². The molecule has 21 heavy (non-hydrogen) atoms. The van der Waals surface area contributed by atoms with E-state index in [4.69, 9.17) is 4.74 Å². The standard InChI is InChI=1S/C16H18N2O3/c1-10(2)16-17-12(9-15(20)18-16)6-4-11-5-7-14(21-3)13(19)8-11/h4-10,19H,1-3H3,(H,17,18,20)/b6-4+. The van der Waals surface area contributed by atoms with Gasteiger partial charge in [-0.25, -0.2) is 4.98 Å². The maximum atomic E-state index is 11.6. The zero-order valence-corrected chi connectivity index (χ0v) is 12.3. The van der Waals surface area contributed by atoms with Crippen molar-refractivity contribution in [3.8, 4) is 11.5 Å². The number of methoxy groups -OCH3 is 1. The highest BCUT2D eigenvalue weighted by molar-refractivity contribution is 5.69. The Balaban J connectivity index is 2.29. The predicted octanol–water partition coefficient (Wildman–Crippen LogP) is 2.78. The molecule has 0 saturated carbocycles. The lowest BCUT2D eigenvalue weighted by atomic mass is 10.1. The fourth-order valence-electron chi connectivity index (χ4n) is 1.85. The molecule has 0 atom stereocenters. The first kappa shape index (κ1) is 14.8. The molecule has 1 aromatic heterocycles. The quantitative estimate of drug-likeness (QED) is 0.906. The van der Waals surface area contributed by atoms with E-state index in [9.17, 15) is 9.90 Å². The fraction of sp³-hybridized carbons (Fsp3) is 0.250. The van der Waals surface area contributed by atoms with Crippen molar-refractivity contribution in [2.24, 2.45) is 0 Å². The van der Waals surface area contributed by atoms with Gasteiger partial charge in [0.05, 0.1) is 12.8 Å². The van der Waals surface area contributed by atoms with Gasteiger partial charge in [-0.3, -0.25) is 4.79 Å². The first-order valence-electron chi connectivity index (χ1n) is 6.66. The van der Waals surface area contributed by atoms with Crippen LogP contribution in [0.25, 0.3) is 12.2 Å². The van der Waals surface area contributed by atoms with Gasteiger partial charge >= 0.3 is 0 Å². The number of hydrogen-bond donors (Lipinski definition) is 2. The summed E-state index contributed by atoms with van der Waals surface area (Å²) in [5.41, 5.74) is 1.20. The Hall–Kier alpha value is -2.56. The lowest BCUT2D eigenvalue weighted by Crippen LogP contribution is -2.12. The van der Waals surface area contributed by atoms with Crippen LogP contribution in [0.4, 0.5) is 0 Å². The molecule has 2 rings (SSSR count). The van der Waals surface area contributed by atoms with Gasteiger partial charge in [-0.05, 0) is 23.8 Å². The minimum atomic E-state index is -0.175. The Kier molecular flexibility index (Phi) is 4.42. The number of phenols is 1. The van der Waals surface area contributed by atoms with Gasteiger partial charge in [-0.15, -0.1) is 0 Å². The third-order valence-electron chi connectivity index (χ3n) is 2.98. The van der Waals surface area contributed by atoms with Gasteiger partial charge in [-0.2, -0.15) is 0 Å². The summed E-state index contributed by atoms with van der Waals surface area (Å²) >= 11 is 0. The number of ether oxygens (including phenoxy) is 1. The van der Waals surface area contributed by atoms with Crippen LogP contribution in [0.2, 0.25) is 0 Å². The number of nitrogens with zero attached hydrogens (tertiary/aromatic N) is 1. The third kappa shape index (κ3) is 3.72. The monoisotopic (exact) mass is 286 g/mol. The molecule has 1 aromatic carbocycles. The summed E-state index contributed by atoms with van der Waals surface area (Å²) in [4.78, 5) is 18.7. The van der Waals surface area contributed by atoms with E-state index in [0.717, 1.165) is 5.56 Å². The molecule has 0 saturated heterocycles. The molecular weight excluding hydrogens is 268 g/mol. The van der Waals surface area contributed by atoms with E-state index in [2.05, 4.69) is 9.97 Å². The zero-order chi connectivity index (χ0) is 15.4. The van der Waals surface area contributed by atoms with Crippen molar-refractivity contribution in [2.45, 2.75) is 19.8 Å². The van der Waals surface area contributed by atoms with Gasteiger partial charge in [0.2, 0.25) is 0 Å². The van der Waals surface area contributed by atoms with Crippen molar-refractivity contribution >= 4 is 12.2 Å². The van der Waals surface area contributed by atoms with Crippen molar-refractivity contribution in [3.63, 3.8) is 0 Å². The molecule has 0 aliphatic carbocycles. The third-order valence-corrected chi connectivity index (χ3v) is 2.98. The summed E-state index contributed by atoms with van der Waals surface area (Å²) in [6, 6.07) is 6.52. The van der Waals surface area contributed by atoms with E-state index >= 15 is 0 Å². The highest BCUT2D eigenvalue weighted by Gasteiger charge is 2.04. The first-order chi connectivity index (χ1) is 9.99.